The van der Waals surface area contributed by atoms with E-state index in [1.165, 1.54) is 0 Å². The molecule has 4 unspecified atom stereocenters. The molecule has 43 heavy (non-hydrogen) atoms. The summed E-state index contributed by atoms with van der Waals surface area (Å²) in [5, 5.41) is 27.5. The minimum atomic E-state index is -1.63. The van der Waals surface area contributed by atoms with Crippen LogP contribution in [0.25, 0.3) is 21.8 Å². The van der Waals surface area contributed by atoms with Crippen LogP contribution in [0.2, 0.25) is 0 Å². The molecule has 2 heterocycles. The summed E-state index contributed by atoms with van der Waals surface area (Å²) < 4.78 is 0. The van der Waals surface area contributed by atoms with Crippen molar-refractivity contribution in [1.29, 1.82) is 0 Å². The number of aromatic amines is 2. The molecule has 0 fully saturated rings. The van der Waals surface area contributed by atoms with Crippen LogP contribution in [-0.2, 0) is 36.8 Å². The quantitative estimate of drug-likeness (QED) is 0.0926. The zero-order valence-electron chi connectivity index (χ0n) is 22.9. The van der Waals surface area contributed by atoms with Gasteiger partial charge in [-0.05, 0) is 29.7 Å². The van der Waals surface area contributed by atoms with Gasteiger partial charge in [0.25, 0.3) is 0 Å². The van der Waals surface area contributed by atoms with Gasteiger partial charge in [0, 0.05) is 46.4 Å². The monoisotopic (exact) mass is 608 g/mol. The number of fused-ring (bicyclic) bond motifs is 2. The molecular weight excluding hydrogens is 576 g/mol. The number of aliphatic carboxylic acids is 2. The van der Waals surface area contributed by atoms with Crippen molar-refractivity contribution in [3.8, 4) is 0 Å². The van der Waals surface area contributed by atoms with Crippen molar-refractivity contribution in [3.05, 3.63) is 72.1 Å². The lowest BCUT2D eigenvalue weighted by Crippen LogP contribution is -2.58. The number of carboxylic acids is 2. The van der Waals surface area contributed by atoms with E-state index in [1.807, 2.05) is 48.5 Å². The molecule has 2 aromatic heterocycles. The largest absolute Gasteiger partial charge is 0.481 e. The van der Waals surface area contributed by atoms with Gasteiger partial charge in [-0.2, -0.15) is 12.6 Å². The number of para-hydroxylation sites is 2. The van der Waals surface area contributed by atoms with Gasteiger partial charge in [0.1, 0.15) is 18.1 Å². The Kier molecular flexibility index (Phi) is 10.1. The van der Waals surface area contributed by atoms with Crippen molar-refractivity contribution < 1.29 is 34.2 Å². The number of amides is 3. The minimum absolute atomic E-state index is 0.0167. The maximum atomic E-state index is 13.6. The number of thiol groups is 1. The van der Waals surface area contributed by atoms with E-state index in [0.29, 0.717) is 5.56 Å². The van der Waals surface area contributed by atoms with E-state index in [9.17, 15) is 34.2 Å². The molecule has 4 aromatic rings. The number of nitrogens with two attached hydrogens (primary N) is 1. The third kappa shape index (κ3) is 7.72. The van der Waals surface area contributed by atoms with E-state index >= 15 is 0 Å². The number of nitrogens with one attached hydrogen (secondary N) is 5. The van der Waals surface area contributed by atoms with E-state index < -0.39 is 60.2 Å². The number of carboxylic acid groups (broad SMARTS) is 2. The van der Waals surface area contributed by atoms with E-state index in [0.717, 1.165) is 27.4 Å². The van der Waals surface area contributed by atoms with Gasteiger partial charge in [-0.25, -0.2) is 4.79 Å². The highest BCUT2D eigenvalue weighted by atomic mass is 32.1. The first-order valence-corrected chi connectivity index (χ1v) is 14.0. The Hall–Kier alpha value is -4.82. The second-order valence-corrected chi connectivity index (χ2v) is 10.4. The summed E-state index contributed by atoms with van der Waals surface area (Å²) in [5.41, 5.74) is 9.43. The highest BCUT2D eigenvalue weighted by Crippen LogP contribution is 2.21. The van der Waals surface area contributed by atoms with Crippen LogP contribution < -0.4 is 21.7 Å². The number of hydrogen-bond acceptors (Lipinski definition) is 7. The third-order valence-electron chi connectivity index (χ3n) is 6.99. The second-order valence-electron chi connectivity index (χ2n) is 10.0. The number of H-pyrrole nitrogens is 2. The molecule has 13 nitrogen and oxygen atoms in total. The molecule has 2 aromatic carbocycles. The molecule has 0 bridgehead atoms. The standard InChI is InChI=1S/C29H32N6O7S/c30-19(9-15-12-31-20-7-3-1-5-17(15)20)26(38)33-22(10-16-13-32-21-8-4-2-6-18(16)21)27(39)34-23(11-25(36)37)28(40)35-24(14-43)29(41)42/h1-8,12-13,19,22-24,31-32,43H,9-11,14,30H2,(H,33,38)(H,34,39)(H,35,40)(H,36,37)(H,41,42). The third-order valence-corrected chi connectivity index (χ3v) is 7.36. The predicted octanol–water partition coefficient (Wildman–Crippen LogP) is 0.705. The molecular formula is C29H32N6O7S. The van der Waals surface area contributed by atoms with Gasteiger partial charge < -0.3 is 41.9 Å². The van der Waals surface area contributed by atoms with Gasteiger partial charge in [-0.1, -0.05) is 36.4 Å². The molecule has 0 aliphatic heterocycles. The summed E-state index contributed by atoms with van der Waals surface area (Å²) in [4.78, 5) is 68.8. The van der Waals surface area contributed by atoms with Crippen LogP contribution in [0.1, 0.15) is 17.5 Å². The molecule has 0 saturated heterocycles. The fourth-order valence-corrected chi connectivity index (χ4v) is 5.00. The molecule has 4 atom stereocenters. The number of benzene rings is 2. The Morgan fingerprint density at radius 1 is 0.721 bits per heavy atom. The van der Waals surface area contributed by atoms with Gasteiger partial charge in [0.15, 0.2) is 0 Å². The molecule has 0 aliphatic rings. The van der Waals surface area contributed by atoms with Gasteiger partial charge in [0.05, 0.1) is 12.5 Å². The smallest absolute Gasteiger partial charge is 0.327 e. The predicted molar refractivity (Wildman–Crippen MR) is 162 cm³/mol. The first-order valence-electron chi connectivity index (χ1n) is 13.4. The Labute approximate surface area is 251 Å². The summed E-state index contributed by atoms with van der Waals surface area (Å²) >= 11 is 3.89. The summed E-state index contributed by atoms with van der Waals surface area (Å²) in [6.07, 6.45) is 2.77. The highest BCUT2D eigenvalue weighted by molar-refractivity contribution is 7.80. The van der Waals surface area contributed by atoms with Crippen LogP contribution >= 0.6 is 12.6 Å². The lowest BCUT2D eigenvalue weighted by Gasteiger charge is -2.24. The zero-order valence-corrected chi connectivity index (χ0v) is 23.8. The van der Waals surface area contributed by atoms with Crippen molar-refractivity contribution in [3.63, 3.8) is 0 Å². The van der Waals surface area contributed by atoms with Gasteiger partial charge in [0.2, 0.25) is 17.7 Å². The van der Waals surface area contributed by atoms with Crippen LogP contribution in [-0.4, -0.2) is 79.8 Å². The molecule has 4 rings (SSSR count). The normalized spacial score (nSPS) is 14.0. The van der Waals surface area contributed by atoms with Crippen molar-refractivity contribution >= 4 is 64.1 Å². The van der Waals surface area contributed by atoms with Crippen molar-refractivity contribution in [2.24, 2.45) is 5.73 Å². The maximum absolute atomic E-state index is 13.6. The van der Waals surface area contributed by atoms with Crippen LogP contribution in [0.15, 0.2) is 60.9 Å². The van der Waals surface area contributed by atoms with E-state index in [2.05, 4.69) is 38.5 Å². The molecule has 0 radical (unpaired) electrons. The number of aromatic nitrogens is 2. The van der Waals surface area contributed by atoms with Crippen molar-refractivity contribution in [2.75, 3.05) is 5.75 Å². The Bertz CT molecular complexity index is 1650. The maximum Gasteiger partial charge on any atom is 0.327 e. The van der Waals surface area contributed by atoms with Crippen LogP contribution in [0, 0.1) is 0 Å². The molecule has 14 heteroatoms. The van der Waals surface area contributed by atoms with Crippen molar-refractivity contribution in [2.45, 2.75) is 43.4 Å². The second kappa shape index (κ2) is 13.9. The number of rotatable bonds is 14. The fraction of sp³-hybridized carbons (Fsp3) is 0.276. The number of carbonyl (C=O) groups excluding carboxylic acids is 3. The summed E-state index contributed by atoms with van der Waals surface area (Å²) in [6, 6.07) is 9.53. The lowest BCUT2D eigenvalue weighted by molar-refractivity contribution is -0.143. The SMILES string of the molecule is NC(Cc1c[nH]c2ccccc12)C(=O)NC(Cc1c[nH]c2ccccc12)C(=O)NC(CC(=O)O)C(=O)NC(CS)C(=O)O. The van der Waals surface area contributed by atoms with Gasteiger partial charge in [-0.3, -0.25) is 19.2 Å². The Balaban J connectivity index is 1.56. The molecule has 0 saturated carbocycles. The van der Waals surface area contributed by atoms with E-state index in [-0.39, 0.29) is 18.6 Å². The molecule has 9 N–H and O–H groups in total. The Morgan fingerprint density at radius 2 is 1.21 bits per heavy atom. The average Bonchev–Trinajstić information content (AvgIpc) is 3.58. The Morgan fingerprint density at radius 3 is 1.74 bits per heavy atom. The summed E-state index contributed by atoms with van der Waals surface area (Å²) in [7, 11) is 0. The number of carbonyl (C=O) groups is 5. The van der Waals surface area contributed by atoms with Gasteiger partial charge in [-0.15, -0.1) is 0 Å². The van der Waals surface area contributed by atoms with Crippen LogP contribution in [0.3, 0.4) is 0 Å². The van der Waals surface area contributed by atoms with Crippen LogP contribution in [0.5, 0.6) is 0 Å². The first kappa shape index (κ1) is 31.1. The molecule has 0 aliphatic carbocycles. The summed E-state index contributed by atoms with van der Waals surface area (Å²) in [6.45, 7) is 0. The molecule has 226 valence electrons. The van der Waals surface area contributed by atoms with Crippen molar-refractivity contribution in [1.82, 2.24) is 25.9 Å². The topological polar surface area (TPSA) is 219 Å². The van der Waals surface area contributed by atoms with E-state index in [4.69, 9.17) is 5.73 Å². The zero-order chi connectivity index (χ0) is 31.1. The highest BCUT2D eigenvalue weighted by Gasteiger charge is 2.32. The summed E-state index contributed by atoms with van der Waals surface area (Å²) in [5.74, 6) is -5.55. The molecule has 3 amide bonds. The fourth-order valence-electron chi connectivity index (χ4n) is 4.75. The number of hydrogen-bond donors (Lipinski definition) is 9. The van der Waals surface area contributed by atoms with E-state index in [1.54, 1.807) is 12.4 Å². The first-order chi connectivity index (χ1) is 20.6. The lowest BCUT2D eigenvalue weighted by atomic mass is 10.0. The van der Waals surface area contributed by atoms with Gasteiger partial charge >= 0.3 is 11.9 Å². The van der Waals surface area contributed by atoms with Crippen LogP contribution in [0.4, 0.5) is 0 Å². The average molecular weight is 609 g/mol. The minimum Gasteiger partial charge on any atom is -0.481 e. The molecule has 0 spiro atoms.